The van der Waals surface area contributed by atoms with Crippen molar-refractivity contribution in [3.63, 3.8) is 0 Å². The Kier molecular flexibility index (Phi) is 3.78. The highest BCUT2D eigenvalue weighted by Gasteiger charge is 2.18. The molecule has 0 aliphatic carbocycles. The summed E-state index contributed by atoms with van der Waals surface area (Å²) in [5.74, 6) is 0. The lowest BCUT2D eigenvalue weighted by Gasteiger charge is -2.13. The average molecular weight is 346 g/mol. The predicted octanol–water partition coefficient (Wildman–Crippen LogP) is 3.32. The monoisotopic (exact) mass is 345 g/mol. The van der Waals surface area contributed by atoms with Gasteiger partial charge in [-0.1, -0.05) is 24.3 Å². The Morgan fingerprint density at radius 1 is 1.29 bits per heavy atom. The average Bonchev–Trinajstić information content (AvgIpc) is 2.73. The van der Waals surface area contributed by atoms with E-state index in [0.29, 0.717) is 12.1 Å². The van der Waals surface area contributed by atoms with Crippen LogP contribution in [0.4, 0.5) is 0 Å². The van der Waals surface area contributed by atoms with E-state index in [2.05, 4.69) is 26.0 Å². The first-order valence-electron chi connectivity index (χ1n) is 6.77. The first-order valence-corrected chi connectivity index (χ1v) is 7.57. The molecule has 3 rings (SSSR count). The summed E-state index contributed by atoms with van der Waals surface area (Å²) in [6.45, 7) is 1.94. The fraction of sp³-hybridized carbons (Fsp3) is 0.250. The maximum Gasteiger partial charge on any atom is 0.102 e. The van der Waals surface area contributed by atoms with E-state index in [1.807, 2.05) is 44.3 Å². The highest BCUT2D eigenvalue weighted by molar-refractivity contribution is 9.10. The van der Waals surface area contributed by atoms with Gasteiger partial charge in [0.05, 0.1) is 21.6 Å². The van der Waals surface area contributed by atoms with E-state index < -0.39 is 6.10 Å². The lowest BCUT2D eigenvalue weighted by Crippen LogP contribution is -2.09. The number of aliphatic hydroxyl groups excluding tert-OH is 1. The second kappa shape index (κ2) is 5.58. The van der Waals surface area contributed by atoms with E-state index in [4.69, 9.17) is 0 Å². The van der Waals surface area contributed by atoms with Crippen LogP contribution in [0.15, 0.2) is 41.0 Å². The number of rotatable bonds is 3. The van der Waals surface area contributed by atoms with Gasteiger partial charge < -0.3 is 5.11 Å². The van der Waals surface area contributed by atoms with Gasteiger partial charge in [0.1, 0.15) is 6.10 Å². The van der Waals surface area contributed by atoms with Crippen LogP contribution in [0.1, 0.15) is 23.2 Å². The normalized spacial score (nSPS) is 12.8. The van der Waals surface area contributed by atoms with Gasteiger partial charge in [0.15, 0.2) is 0 Å². The Morgan fingerprint density at radius 3 is 2.76 bits per heavy atom. The number of hydrogen-bond acceptors (Lipinski definition) is 3. The lowest BCUT2D eigenvalue weighted by molar-refractivity contribution is 0.172. The smallest absolute Gasteiger partial charge is 0.102 e. The van der Waals surface area contributed by atoms with Crippen LogP contribution in [0, 0.1) is 6.92 Å². The zero-order valence-corrected chi connectivity index (χ0v) is 13.5. The minimum Gasteiger partial charge on any atom is -0.386 e. The molecule has 21 heavy (non-hydrogen) atoms. The van der Waals surface area contributed by atoms with E-state index in [1.165, 1.54) is 0 Å². The Balaban J connectivity index is 1.99. The molecule has 0 fully saturated rings. The molecule has 2 heterocycles. The van der Waals surface area contributed by atoms with Gasteiger partial charge in [0, 0.05) is 25.1 Å². The van der Waals surface area contributed by atoms with Crippen molar-refractivity contribution in [3.8, 4) is 0 Å². The number of aromatic nitrogens is 3. The SMILES string of the molecule is Cc1nn(C)c(CC(O)c2nccc3ccccc23)c1Br. The largest absolute Gasteiger partial charge is 0.386 e. The molecule has 0 spiro atoms. The van der Waals surface area contributed by atoms with Crippen molar-refractivity contribution in [1.29, 1.82) is 0 Å². The third kappa shape index (κ3) is 2.59. The predicted molar refractivity (Wildman–Crippen MR) is 86.1 cm³/mol. The van der Waals surface area contributed by atoms with Crippen LogP contribution in [0.5, 0.6) is 0 Å². The number of nitrogens with zero attached hydrogens (tertiary/aromatic N) is 3. The van der Waals surface area contributed by atoms with Crippen molar-refractivity contribution in [3.05, 3.63) is 58.1 Å². The molecule has 1 aromatic carbocycles. The van der Waals surface area contributed by atoms with Crippen LogP contribution in [0.2, 0.25) is 0 Å². The molecule has 0 bridgehead atoms. The Bertz CT molecular complexity index is 792. The van der Waals surface area contributed by atoms with Crippen LogP contribution >= 0.6 is 15.9 Å². The van der Waals surface area contributed by atoms with Crippen molar-refractivity contribution >= 4 is 26.7 Å². The number of aliphatic hydroxyl groups is 1. The highest BCUT2D eigenvalue weighted by Crippen LogP contribution is 2.28. The first-order chi connectivity index (χ1) is 10.1. The summed E-state index contributed by atoms with van der Waals surface area (Å²) in [6.07, 6.45) is 1.55. The standard InChI is InChI=1S/C16H16BrN3O/c1-10-15(17)13(20(2)19-10)9-14(21)16-12-6-4-3-5-11(12)7-8-18-16/h3-8,14,21H,9H2,1-2H3. The fourth-order valence-electron chi connectivity index (χ4n) is 2.59. The van der Waals surface area contributed by atoms with Crippen molar-refractivity contribution in [2.24, 2.45) is 7.05 Å². The molecule has 0 amide bonds. The molecule has 0 saturated carbocycles. The molecule has 1 N–H and O–H groups in total. The van der Waals surface area contributed by atoms with Crippen molar-refractivity contribution in [1.82, 2.24) is 14.8 Å². The van der Waals surface area contributed by atoms with Gasteiger partial charge in [-0.3, -0.25) is 9.67 Å². The van der Waals surface area contributed by atoms with E-state index in [0.717, 1.165) is 26.6 Å². The van der Waals surface area contributed by atoms with Crippen LogP contribution in [0.3, 0.4) is 0 Å². The molecule has 4 nitrogen and oxygen atoms in total. The highest BCUT2D eigenvalue weighted by atomic mass is 79.9. The summed E-state index contributed by atoms with van der Waals surface area (Å²) in [6, 6.07) is 9.92. The van der Waals surface area contributed by atoms with E-state index >= 15 is 0 Å². The number of pyridine rings is 1. The van der Waals surface area contributed by atoms with Gasteiger partial charge in [0.2, 0.25) is 0 Å². The maximum absolute atomic E-state index is 10.6. The Hall–Kier alpha value is -1.72. The molecule has 1 unspecified atom stereocenters. The number of aryl methyl sites for hydroxylation is 2. The molecule has 0 radical (unpaired) electrons. The minimum absolute atomic E-state index is 0.471. The topological polar surface area (TPSA) is 50.9 Å². The lowest BCUT2D eigenvalue weighted by atomic mass is 10.0. The minimum atomic E-state index is -0.665. The summed E-state index contributed by atoms with van der Waals surface area (Å²) in [5.41, 5.74) is 2.60. The second-order valence-corrected chi connectivity index (χ2v) is 5.90. The molecule has 1 atom stereocenters. The third-order valence-electron chi connectivity index (χ3n) is 3.67. The van der Waals surface area contributed by atoms with E-state index in [9.17, 15) is 5.11 Å². The van der Waals surface area contributed by atoms with Gasteiger partial charge in [-0.05, 0) is 34.3 Å². The van der Waals surface area contributed by atoms with Gasteiger partial charge in [-0.25, -0.2) is 0 Å². The number of benzene rings is 1. The van der Waals surface area contributed by atoms with E-state index in [1.54, 1.807) is 10.9 Å². The summed E-state index contributed by atoms with van der Waals surface area (Å²) in [7, 11) is 1.89. The number of hydrogen-bond donors (Lipinski definition) is 1. The van der Waals surface area contributed by atoms with Crippen LogP contribution in [-0.2, 0) is 13.5 Å². The van der Waals surface area contributed by atoms with Crippen LogP contribution in [-0.4, -0.2) is 19.9 Å². The van der Waals surface area contributed by atoms with Gasteiger partial charge >= 0.3 is 0 Å². The summed E-state index contributed by atoms with van der Waals surface area (Å²) < 4.78 is 2.75. The maximum atomic E-state index is 10.6. The summed E-state index contributed by atoms with van der Waals surface area (Å²) in [5, 5.41) is 17.0. The molecule has 2 aromatic heterocycles. The molecule has 0 saturated heterocycles. The van der Waals surface area contributed by atoms with Gasteiger partial charge in [0.25, 0.3) is 0 Å². The van der Waals surface area contributed by atoms with Crippen LogP contribution < -0.4 is 0 Å². The fourth-order valence-corrected chi connectivity index (χ4v) is 3.09. The third-order valence-corrected chi connectivity index (χ3v) is 4.70. The molecule has 108 valence electrons. The van der Waals surface area contributed by atoms with Gasteiger partial charge in [-0.15, -0.1) is 0 Å². The molecular formula is C16H16BrN3O. The summed E-state index contributed by atoms with van der Waals surface area (Å²) >= 11 is 3.54. The molecule has 3 aromatic rings. The quantitative estimate of drug-likeness (QED) is 0.792. The zero-order valence-electron chi connectivity index (χ0n) is 11.9. The van der Waals surface area contributed by atoms with Crippen molar-refractivity contribution < 1.29 is 5.11 Å². The number of fused-ring (bicyclic) bond motifs is 1. The molecule has 5 heteroatoms. The van der Waals surface area contributed by atoms with E-state index in [-0.39, 0.29) is 0 Å². The van der Waals surface area contributed by atoms with Gasteiger partial charge in [-0.2, -0.15) is 5.10 Å². The summed E-state index contributed by atoms with van der Waals surface area (Å²) in [4.78, 5) is 4.37. The first kappa shape index (κ1) is 14.2. The van der Waals surface area contributed by atoms with Crippen molar-refractivity contribution in [2.45, 2.75) is 19.4 Å². The van der Waals surface area contributed by atoms with Crippen molar-refractivity contribution in [2.75, 3.05) is 0 Å². The molecular weight excluding hydrogens is 330 g/mol. The zero-order chi connectivity index (χ0) is 15.0. The number of halogens is 1. The second-order valence-electron chi connectivity index (χ2n) is 5.11. The molecule has 0 aliphatic heterocycles. The molecule has 0 aliphatic rings. The van der Waals surface area contributed by atoms with Crippen LogP contribution in [0.25, 0.3) is 10.8 Å². The Morgan fingerprint density at radius 2 is 2.05 bits per heavy atom. The Labute approximate surface area is 131 Å².